The molecule has 3 rings (SSSR count). The highest BCUT2D eigenvalue weighted by molar-refractivity contribution is 9.10. The number of likely N-dealkylation sites (N-methyl/N-ethyl adjacent to an activating group) is 1. The Kier molecular flexibility index (Phi) is 10.3. The summed E-state index contributed by atoms with van der Waals surface area (Å²) in [7, 11) is 3.28. The maximum Gasteiger partial charge on any atom is 0.259 e. The number of halogens is 2. The van der Waals surface area contributed by atoms with Crippen LogP contribution in [0.4, 0.5) is 0 Å². The summed E-state index contributed by atoms with van der Waals surface area (Å²) in [6.07, 6.45) is 0.622. The Hall–Kier alpha value is -2.91. The van der Waals surface area contributed by atoms with Gasteiger partial charge in [-0.2, -0.15) is 0 Å². The van der Waals surface area contributed by atoms with Crippen molar-refractivity contribution in [2.24, 2.45) is 0 Å². The lowest BCUT2D eigenvalue weighted by Crippen LogP contribution is -2.33. The SMILES string of the molecule is CN(C)C(=O)COc1cc(OCc2cccc(-c3ccccc3)c2Br)c(Cl)cc1CNC(C=O)CO. The molecule has 190 valence electrons. The van der Waals surface area contributed by atoms with Crippen LogP contribution < -0.4 is 14.8 Å². The summed E-state index contributed by atoms with van der Waals surface area (Å²) < 4.78 is 12.8. The summed E-state index contributed by atoms with van der Waals surface area (Å²) in [5.41, 5.74) is 3.68. The molecule has 0 saturated heterocycles. The van der Waals surface area contributed by atoms with E-state index in [0.717, 1.165) is 21.2 Å². The van der Waals surface area contributed by atoms with Gasteiger partial charge in [-0.3, -0.25) is 4.79 Å². The van der Waals surface area contributed by atoms with Crippen LogP contribution in [0, 0.1) is 0 Å². The Morgan fingerprint density at radius 1 is 1.08 bits per heavy atom. The average molecular weight is 576 g/mol. The monoisotopic (exact) mass is 574 g/mol. The number of benzene rings is 3. The van der Waals surface area contributed by atoms with E-state index in [9.17, 15) is 14.7 Å². The van der Waals surface area contributed by atoms with Gasteiger partial charge in [0.1, 0.15) is 24.4 Å². The first kappa shape index (κ1) is 27.7. The lowest BCUT2D eigenvalue weighted by Gasteiger charge is -2.18. The Bertz CT molecular complexity index is 1190. The van der Waals surface area contributed by atoms with Crippen LogP contribution in [0.5, 0.6) is 11.5 Å². The van der Waals surface area contributed by atoms with Crippen LogP contribution in [0.15, 0.2) is 65.1 Å². The van der Waals surface area contributed by atoms with Crippen molar-refractivity contribution >= 4 is 39.7 Å². The molecule has 0 radical (unpaired) electrons. The van der Waals surface area contributed by atoms with Gasteiger partial charge in [-0.25, -0.2) is 0 Å². The normalized spacial score (nSPS) is 11.6. The number of nitrogens with zero attached hydrogens (tertiary/aromatic N) is 1. The first-order valence-corrected chi connectivity index (χ1v) is 12.4. The quantitative estimate of drug-likeness (QED) is 0.310. The topological polar surface area (TPSA) is 88.1 Å². The maximum absolute atomic E-state index is 12.1. The summed E-state index contributed by atoms with van der Waals surface area (Å²) >= 11 is 10.2. The second kappa shape index (κ2) is 13.4. The molecule has 0 aliphatic carbocycles. The van der Waals surface area contributed by atoms with Crippen LogP contribution in [0.25, 0.3) is 11.1 Å². The highest BCUT2D eigenvalue weighted by Gasteiger charge is 2.16. The zero-order chi connectivity index (χ0) is 26.1. The molecule has 0 aromatic heterocycles. The molecule has 0 heterocycles. The van der Waals surface area contributed by atoms with Crippen LogP contribution in [0.3, 0.4) is 0 Å². The molecule has 36 heavy (non-hydrogen) atoms. The molecule has 0 aliphatic rings. The zero-order valence-electron chi connectivity index (χ0n) is 20.0. The van der Waals surface area contributed by atoms with E-state index in [1.165, 1.54) is 4.90 Å². The van der Waals surface area contributed by atoms with Crippen molar-refractivity contribution in [1.29, 1.82) is 0 Å². The highest BCUT2D eigenvalue weighted by atomic mass is 79.9. The largest absolute Gasteiger partial charge is 0.487 e. The molecule has 0 aliphatic heterocycles. The summed E-state index contributed by atoms with van der Waals surface area (Å²) in [6.45, 7) is -0.0833. The lowest BCUT2D eigenvalue weighted by atomic mass is 10.0. The van der Waals surface area contributed by atoms with Gasteiger partial charge in [-0.1, -0.05) is 60.1 Å². The molecule has 1 amide bonds. The number of ether oxygens (including phenoxy) is 2. The second-order valence-electron chi connectivity index (χ2n) is 8.21. The number of amides is 1. The predicted octanol–water partition coefficient (Wildman–Crippen LogP) is 4.46. The van der Waals surface area contributed by atoms with Gasteiger partial charge < -0.3 is 29.6 Å². The molecule has 0 bridgehead atoms. The van der Waals surface area contributed by atoms with Gasteiger partial charge in [-0.15, -0.1) is 0 Å². The summed E-state index contributed by atoms with van der Waals surface area (Å²) in [6, 6.07) is 18.6. The molecular formula is C27H28BrClN2O5. The Balaban J connectivity index is 1.83. The van der Waals surface area contributed by atoms with E-state index >= 15 is 0 Å². The number of hydrogen-bond donors (Lipinski definition) is 2. The Labute approximate surface area is 224 Å². The number of hydrogen-bond acceptors (Lipinski definition) is 6. The third-order valence-electron chi connectivity index (χ3n) is 5.43. The van der Waals surface area contributed by atoms with Crippen molar-refractivity contribution in [2.75, 3.05) is 27.3 Å². The first-order valence-electron chi connectivity index (χ1n) is 11.2. The van der Waals surface area contributed by atoms with Gasteiger partial charge in [0, 0.05) is 42.3 Å². The van der Waals surface area contributed by atoms with Crippen LogP contribution in [0.1, 0.15) is 11.1 Å². The first-order chi connectivity index (χ1) is 17.3. The van der Waals surface area contributed by atoms with E-state index in [1.54, 1.807) is 26.2 Å². The average Bonchev–Trinajstić information content (AvgIpc) is 2.88. The highest BCUT2D eigenvalue weighted by Crippen LogP contribution is 2.35. The van der Waals surface area contributed by atoms with Crippen molar-refractivity contribution in [3.63, 3.8) is 0 Å². The van der Waals surface area contributed by atoms with Gasteiger partial charge in [0.25, 0.3) is 5.91 Å². The molecule has 3 aromatic rings. The fourth-order valence-corrected chi connectivity index (χ4v) is 4.16. The molecule has 1 unspecified atom stereocenters. The molecule has 7 nitrogen and oxygen atoms in total. The fourth-order valence-electron chi connectivity index (χ4n) is 3.31. The van der Waals surface area contributed by atoms with Gasteiger partial charge in [0.15, 0.2) is 6.61 Å². The van der Waals surface area contributed by atoms with Gasteiger partial charge in [0.2, 0.25) is 0 Å². The van der Waals surface area contributed by atoms with E-state index in [2.05, 4.69) is 21.2 Å². The summed E-state index contributed by atoms with van der Waals surface area (Å²) in [4.78, 5) is 24.6. The van der Waals surface area contributed by atoms with Gasteiger partial charge in [-0.05, 0) is 33.1 Å². The molecule has 0 spiro atoms. The van der Waals surface area contributed by atoms with Crippen molar-refractivity contribution in [3.05, 3.63) is 81.3 Å². The van der Waals surface area contributed by atoms with E-state index in [1.807, 2.05) is 48.5 Å². The predicted molar refractivity (Wildman–Crippen MR) is 143 cm³/mol. The summed E-state index contributed by atoms with van der Waals surface area (Å²) in [5.74, 6) is 0.560. The fraction of sp³-hybridized carbons (Fsp3) is 0.259. The Morgan fingerprint density at radius 2 is 1.83 bits per heavy atom. The molecule has 0 fully saturated rings. The lowest BCUT2D eigenvalue weighted by molar-refractivity contribution is -0.130. The van der Waals surface area contributed by atoms with Gasteiger partial charge >= 0.3 is 0 Å². The molecule has 0 saturated carbocycles. The van der Waals surface area contributed by atoms with E-state index in [4.69, 9.17) is 21.1 Å². The number of nitrogens with one attached hydrogen (secondary N) is 1. The summed E-state index contributed by atoms with van der Waals surface area (Å²) in [5, 5.41) is 12.5. The third-order valence-corrected chi connectivity index (χ3v) is 6.66. The molecule has 2 N–H and O–H groups in total. The van der Waals surface area contributed by atoms with E-state index in [-0.39, 0.29) is 32.3 Å². The number of carbonyl (C=O) groups excluding carboxylic acids is 2. The minimum atomic E-state index is -0.731. The molecule has 3 aromatic carbocycles. The van der Waals surface area contributed by atoms with Crippen LogP contribution in [-0.2, 0) is 22.7 Å². The van der Waals surface area contributed by atoms with Crippen LogP contribution in [-0.4, -0.2) is 55.6 Å². The smallest absolute Gasteiger partial charge is 0.259 e. The van der Waals surface area contributed by atoms with Crippen molar-refractivity contribution in [1.82, 2.24) is 10.2 Å². The van der Waals surface area contributed by atoms with Gasteiger partial charge in [0.05, 0.1) is 17.7 Å². The number of carbonyl (C=O) groups is 2. The van der Waals surface area contributed by atoms with Crippen molar-refractivity contribution in [2.45, 2.75) is 19.2 Å². The number of aliphatic hydroxyl groups excluding tert-OH is 1. The zero-order valence-corrected chi connectivity index (χ0v) is 22.4. The van der Waals surface area contributed by atoms with E-state index < -0.39 is 6.04 Å². The number of rotatable bonds is 12. The molecular weight excluding hydrogens is 548 g/mol. The van der Waals surface area contributed by atoms with Crippen LogP contribution in [0.2, 0.25) is 5.02 Å². The minimum Gasteiger partial charge on any atom is -0.487 e. The number of aldehydes is 1. The maximum atomic E-state index is 12.1. The molecule has 9 heteroatoms. The van der Waals surface area contributed by atoms with Crippen LogP contribution >= 0.6 is 27.5 Å². The van der Waals surface area contributed by atoms with Crippen molar-refractivity contribution in [3.8, 4) is 22.6 Å². The molecule has 1 atom stereocenters. The van der Waals surface area contributed by atoms with E-state index in [0.29, 0.717) is 28.4 Å². The minimum absolute atomic E-state index is 0.178. The van der Waals surface area contributed by atoms with Crippen molar-refractivity contribution < 1.29 is 24.2 Å². The standard InChI is InChI=1S/C27H28BrClN2O5/c1-31(2)26(34)17-36-24-12-25(23(29)11-20(24)13-30-21(14-32)15-33)35-16-19-9-6-10-22(27(19)28)18-7-4-3-5-8-18/h3-12,14,21,30,33H,13,15-17H2,1-2H3. The second-order valence-corrected chi connectivity index (χ2v) is 9.41. The third kappa shape index (κ3) is 7.30. The number of aliphatic hydroxyl groups is 1. The Morgan fingerprint density at radius 3 is 2.50 bits per heavy atom.